The predicted molar refractivity (Wildman–Crippen MR) is 78.4 cm³/mol. The van der Waals surface area contributed by atoms with E-state index in [4.69, 9.17) is 4.74 Å². The fourth-order valence-corrected chi connectivity index (χ4v) is 1.94. The highest BCUT2D eigenvalue weighted by atomic mass is 16.5. The van der Waals surface area contributed by atoms with Crippen LogP contribution in [-0.4, -0.2) is 37.0 Å². The van der Waals surface area contributed by atoms with Gasteiger partial charge in [0.2, 0.25) is 5.91 Å². The summed E-state index contributed by atoms with van der Waals surface area (Å²) in [7, 11) is 1.72. The summed E-state index contributed by atoms with van der Waals surface area (Å²) < 4.78 is 4.84. The molecule has 0 bridgehead atoms. The largest absolute Gasteiger partial charge is 0.466 e. The van der Waals surface area contributed by atoms with Gasteiger partial charge in [-0.3, -0.25) is 9.59 Å². The van der Waals surface area contributed by atoms with Crippen LogP contribution >= 0.6 is 0 Å². The molecule has 0 aliphatic heterocycles. The quantitative estimate of drug-likeness (QED) is 0.719. The van der Waals surface area contributed by atoms with Crippen LogP contribution in [0.3, 0.4) is 0 Å². The van der Waals surface area contributed by atoms with Gasteiger partial charge < -0.3 is 9.64 Å². The molecule has 0 spiro atoms. The Kier molecular flexibility index (Phi) is 6.77. The fourth-order valence-electron chi connectivity index (χ4n) is 1.94. The second-order valence-electron chi connectivity index (χ2n) is 4.80. The van der Waals surface area contributed by atoms with Crippen molar-refractivity contribution in [3.05, 3.63) is 35.4 Å². The first kappa shape index (κ1) is 16.2. The summed E-state index contributed by atoms with van der Waals surface area (Å²) in [6, 6.07) is 8.06. The Morgan fingerprint density at radius 2 is 1.90 bits per heavy atom. The maximum absolute atomic E-state index is 12.0. The average Bonchev–Trinajstić information content (AvgIpc) is 2.44. The second kappa shape index (κ2) is 8.35. The number of amides is 1. The molecule has 0 saturated carbocycles. The van der Waals surface area contributed by atoms with Crippen molar-refractivity contribution >= 4 is 11.9 Å². The predicted octanol–water partition coefficient (Wildman–Crippen LogP) is 2.34. The van der Waals surface area contributed by atoms with Gasteiger partial charge in [-0.1, -0.05) is 24.3 Å². The molecule has 0 atom stereocenters. The fraction of sp³-hybridized carbons (Fsp3) is 0.500. The third kappa shape index (κ3) is 5.43. The van der Waals surface area contributed by atoms with Crippen molar-refractivity contribution in [2.24, 2.45) is 0 Å². The zero-order chi connectivity index (χ0) is 15.0. The molecule has 0 aliphatic rings. The maximum atomic E-state index is 12.0. The van der Waals surface area contributed by atoms with Crippen LogP contribution in [0.25, 0.3) is 0 Å². The third-order valence-electron chi connectivity index (χ3n) is 3.25. The minimum Gasteiger partial charge on any atom is -0.466 e. The number of nitrogens with zero attached hydrogens (tertiary/aromatic N) is 1. The van der Waals surface area contributed by atoms with E-state index in [1.165, 1.54) is 11.1 Å². The van der Waals surface area contributed by atoms with Gasteiger partial charge in [-0.2, -0.15) is 0 Å². The molecular weight excluding hydrogens is 254 g/mol. The van der Waals surface area contributed by atoms with Crippen LogP contribution in [-0.2, 0) is 20.7 Å². The van der Waals surface area contributed by atoms with E-state index in [1.54, 1.807) is 18.9 Å². The van der Waals surface area contributed by atoms with E-state index in [-0.39, 0.29) is 18.3 Å². The van der Waals surface area contributed by atoms with E-state index >= 15 is 0 Å². The van der Waals surface area contributed by atoms with Gasteiger partial charge in [0.25, 0.3) is 0 Å². The highest BCUT2D eigenvalue weighted by Crippen LogP contribution is 2.10. The summed E-state index contributed by atoms with van der Waals surface area (Å²) in [5.74, 6) is -0.205. The summed E-state index contributed by atoms with van der Waals surface area (Å²) in [6.45, 7) is 4.61. The van der Waals surface area contributed by atoms with E-state index in [0.29, 0.717) is 19.6 Å². The van der Waals surface area contributed by atoms with Crippen LogP contribution in [0.4, 0.5) is 0 Å². The number of carbonyl (C=O) groups is 2. The topological polar surface area (TPSA) is 46.6 Å². The molecule has 20 heavy (non-hydrogen) atoms. The number of aryl methyl sites for hydroxylation is 2. The number of hydrogen-bond acceptors (Lipinski definition) is 3. The first-order chi connectivity index (χ1) is 9.54. The summed E-state index contributed by atoms with van der Waals surface area (Å²) in [5.41, 5.74) is 2.40. The molecule has 110 valence electrons. The Morgan fingerprint density at radius 3 is 2.55 bits per heavy atom. The standard InChI is InChI=1S/C16H23NO3/c1-4-20-16(19)11-12-17(3)15(18)10-9-14-8-6-5-7-13(14)2/h5-8H,4,9-12H2,1-3H3. The van der Waals surface area contributed by atoms with E-state index in [0.717, 1.165) is 6.42 Å². The molecule has 1 amide bonds. The second-order valence-corrected chi connectivity index (χ2v) is 4.80. The van der Waals surface area contributed by atoms with Gasteiger partial charge in [0, 0.05) is 20.0 Å². The summed E-state index contributed by atoms with van der Waals surface area (Å²) in [6.07, 6.45) is 1.44. The molecule has 0 aliphatic carbocycles. The molecule has 1 rings (SSSR count). The first-order valence-electron chi connectivity index (χ1n) is 6.98. The molecule has 0 unspecified atom stereocenters. The zero-order valence-electron chi connectivity index (χ0n) is 12.5. The molecule has 1 aromatic rings. The van der Waals surface area contributed by atoms with Crippen LogP contribution < -0.4 is 0 Å². The van der Waals surface area contributed by atoms with Crippen LogP contribution in [0.5, 0.6) is 0 Å². The normalized spacial score (nSPS) is 10.2. The molecule has 4 heteroatoms. The molecule has 0 radical (unpaired) electrons. The lowest BCUT2D eigenvalue weighted by Gasteiger charge is -2.17. The number of esters is 1. The average molecular weight is 277 g/mol. The van der Waals surface area contributed by atoms with Crippen molar-refractivity contribution in [2.45, 2.75) is 33.1 Å². The highest BCUT2D eigenvalue weighted by Gasteiger charge is 2.11. The van der Waals surface area contributed by atoms with Crippen molar-refractivity contribution in [3.63, 3.8) is 0 Å². The molecule has 0 aromatic heterocycles. The van der Waals surface area contributed by atoms with Gasteiger partial charge in [-0.15, -0.1) is 0 Å². The molecule has 0 saturated heterocycles. The van der Waals surface area contributed by atoms with E-state index < -0.39 is 0 Å². The monoisotopic (exact) mass is 277 g/mol. The maximum Gasteiger partial charge on any atom is 0.307 e. The highest BCUT2D eigenvalue weighted by molar-refractivity contribution is 5.77. The smallest absolute Gasteiger partial charge is 0.307 e. The lowest BCUT2D eigenvalue weighted by Crippen LogP contribution is -2.29. The minimum atomic E-state index is -0.258. The molecule has 0 N–H and O–H groups in total. The van der Waals surface area contributed by atoms with Gasteiger partial charge in [-0.25, -0.2) is 0 Å². The van der Waals surface area contributed by atoms with Gasteiger partial charge in [0.05, 0.1) is 13.0 Å². The van der Waals surface area contributed by atoms with Crippen LogP contribution in [0, 0.1) is 6.92 Å². The van der Waals surface area contributed by atoms with E-state index in [9.17, 15) is 9.59 Å². The molecule has 0 heterocycles. The Hall–Kier alpha value is -1.84. The Morgan fingerprint density at radius 1 is 1.20 bits per heavy atom. The van der Waals surface area contributed by atoms with Crippen LogP contribution in [0.1, 0.15) is 30.9 Å². The first-order valence-corrected chi connectivity index (χ1v) is 6.98. The van der Waals surface area contributed by atoms with Gasteiger partial charge in [-0.05, 0) is 31.4 Å². The summed E-state index contributed by atoms with van der Waals surface area (Å²) in [5, 5.41) is 0. The number of carbonyl (C=O) groups excluding carboxylic acids is 2. The third-order valence-corrected chi connectivity index (χ3v) is 3.25. The van der Waals surface area contributed by atoms with Crippen molar-refractivity contribution in [1.29, 1.82) is 0 Å². The summed E-state index contributed by atoms with van der Waals surface area (Å²) in [4.78, 5) is 24.8. The van der Waals surface area contributed by atoms with Crippen molar-refractivity contribution < 1.29 is 14.3 Å². The summed E-state index contributed by atoms with van der Waals surface area (Å²) >= 11 is 0. The molecule has 4 nitrogen and oxygen atoms in total. The lowest BCUT2D eigenvalue weighted by molar-refractivity contribution is -0.143. The van der Waals surface area contributed by atoms with Crippen LogP contribution in [0.15, 0.2) is 24.3 Å². The van der Waals surface area contributed by atoms with Crippen molar-refractivity contribution in [3.8, 4) is 0 Å². The Bertz CT molecular complexity index is 457. The van der Waals surface area contributed by atoms with Gasteiger partial charge in [0.1, 0.15) is 0 Å². The zero-order valence-corrected chi connectivity index (χ0v) is 12.5. The van der Waals surface area contributed by atoms with Crippen molar-refractivity contribution in [1.82, 2.24) is 4.90 Å². The van der Waals surface area contributed by atoms with E-state index in [1.807, 2.05) is 31.2 Å². The Balaban J connectivity index is 2.35. The SMILES string of the molecule is CCOC(=O)CCN(C)C(=O)CCc1ccccc1C. The van der Waals surface area contributed by atoms with Gasteiger partial charge in [0.15, 0.2) is 0 Å². The number of ether oxygens (including phenoxy) is 1. The lowest BCUT2D eigenvalue weighted by atomic mass is 10.0. The number of hydrogen-bond donors (Lipinski definition) is 0. The minimum absolute atomic E-state index is 0.0533. The Labute approximate surface area is 120 Å². The van der Waals surface area contributed by atoms with E-state index in [2.05, 4.69) is 0 Å². The number of rotatable bonds is 7. The number of benzene rings is 1. The van der Waals surface area contributed by atoms with Crippen LogP contribution in [0.2, 0.25) is 0 Å². The molecular formula is C16H23NO3. The van der Waals surface area contributed by atoms with Gasteiger partial charge >= 0.3 is 5.97 Å². The van der Waals surface area contributed by atoms with Crippen molar-refractivity contribution in [2.75, 3.05) is 20.2 Å². The molecule has 1 aromatic carbocycles. The molecule has 0 fully saturated rings.